The molecule has 0 spiro atoms. The topological polar surface area (TPSA) is 96.5 Å². The molecule has 1 aromatic heterocycles. The van der Waals surface area contributed by atoms with Gasteiger partial charge < -0.3 is 19.9 Å². The van der Waals surface area contributed by atoms with Crippen molar-refractivity contribution in [1.82, 2.24) is 9.55 Å². The van der Waals surface area contributed by atoms with Crippen molar-refractivity contribution in [1.29, 1.82) is 0 Å². The van der Waals surface area contributed by atoms with Gasteiger partial charge in [-0.05, 0) is 49.6 Å². The van der Waals surface area contributed by atoms with Gasteiger partial charge in [-0.15, -0.1) is 0 Å². The Morgan fingerprint density at radius 2 is 1.85 bits per heavy atom. The Hall–Kier alpha value is -3.60. The minimum Gasteiger partial charge on any atom is -0.372 e. The average molecular weight is 461 g/mol. The Labute approximate surface area is 187 Å². The number of alkyl halides is 3. The highest BCUT2D eigenvalue weighted by molar-refractivity contribution is 5.58. The lowest BCUT2D eigenvalue weighted by atomic mass is 10.1. The van der Waals surface area contributed by atoms with Gasteiger partial charge in [0.05, 0.1) is 22.2 Å². The number of nitrogens with one attached hydrogen (secondary N) is 1. The summed E-state index contributed by atoms with van der Waals surface area (Å²) < 4.78 is 40.3. The molecule has 1 atom stereocenters. The van der Waals surface area contributed by atoms with Crippen LogP contribution in [0.15, 0.2) is 55.0 Å². The highest BCUT2D eigenvalue weighted by Gasteiger charge is 2.30. The van der Waals surface area contributed by atoms with E-state index in [1.807, 2.05) is 0 Å². The van der Waals surface area contributed by atoms with Crippen LogP contribution in [0.4, 0.5) is 30.4 Å². The lowest BCUT2D eigenvalue weighted by Gasteiger charge is -2.29. The number of benzene rings is 2. The van der Waals surface area contributed by atoms with Crippen LogP contribution in [0.25, 0.3) is 5.69 Å². The first kappa shape index (κ1) is 22.6. The third kappa shape index (κ3) is 5.08. The zero-order valence-corrected chi connectivity index (χ0v) is 17.5. The summed E-state index contributed by atoms with van der Waals surface area (Å²) in [7, 11) is 0. The number of imidazole rings is 1. The number of hydrogen-bond acceptors (Lipinski definition) is 6. The maximum absolute atomic E-state index is 13.0. The largest absolute Gasteiger partial charge is 0.416 e. The molecule has 8 nitrogen and oxygen atoms in total. The molecule has 1 unspecified atom stereocenters. The van der Waals surface area contributed by atoms with E-state index < -0.39 is 22.9 Å². The molecule has 2 heterocycles. The Morgan fingerprint density at radius 3 is 2.55 bits per heavy atom. The fourth-order valence-corrected chi connectivity index (χ4v) is 3.88. The zero-order valence-electron chi connectivity index (χ0n) is 17.5. The number of aromatic nitrogens is 2. The van der Waals surface area contributed by atoms with E-state index in [1.54, 1.807) is 12.1 Å². The van der Waals surface area contributed by atoms with Crippen LogP contribution in [0.5, 0.6) is 0 Å². The molecular weight excluding hydrogens is 439 g/mol. The predicted octanol–water partition coefficient (Wildman–Crippen LogP) is 4.89. The molecule has 1 aliphatic rings. The number of aliphatic hydroxyl groups excluding tert-OH is 1. The molecule has 0 radical (unpaired) electrons. The highest BCUT2D eigenvalue weighted by Crippen LogP contribution is 2.33. The van der Waals surface area contributed by atoms with Crippen molar-refractivity contribution < 1.29 is 23.2 Å². The van der Waals surface area contributed by atoms with Gasteiger partial charge >= 0.3 is 6.18 Å². The number of halogens is 3. The van der Waals surface area contributed by atoms with Crippen LogP contribution in [-0.2, 0) is 6.18 Å². The van der Waals surface area contributed by atoms with Crippen LogP contribution in [-0.4, -0.2) is 32.7 Å². The first-order chi connectivity index (χ1) is 15.7. The van der Waals surface area contributed by atoms with Crippen molar-refractivity contribution in [2.75, 3.05) is 23.3 Å². The molecule has 0 bridgehead atoms. The molecule has 0 saturated carbocycles. The fraction of sp³-hybridized carbons (Fsp3) is 0.318. The molecule has 1 fully saturated rings. The molecular formula is C22H22F3N5O3. The maximum Gasteiger partial charge on any atom is 0.416 e. The Morgan fingerprint density at radius 1 is 1.09 bits per heavy atom. The number of nitro benzene ring substituents is 1. The number of hydrogen-bond donors (Lipinski definition) is 2. The molecule has 2 N–H and O–H groups in total. The van der Waals surface area contributed by atoms with Gasteiger partial charge in [0.1, 0.15) is 12.1 Å². The average Bonchev–Trinajstić information content (AvgIpc) is 3.27. The number of anilines is 2. The van der Waals surface area contributed by atoms with E-state index in [-0.39, 0.29) is 22.8 Å². The smallest absolute Gasteiger partial charge is 0.372 e. The molecule has 11 heteroatoms. The van der Waals surface area contributed by atoms with E-state index in [1.165, 1.54) is 35.3 Å². The molecule has 1 aliphatic heterocycles. The van der Waals surface area contributed by atoms with E-state index >= 15 is 0 Å². The van der Waals surface area contributed by atoms with Crippen LogP contribution < -0.4 is 10.2 Å². The zero-order chi connectivity index (χ0) is 23.6. The summed E-state index contributed by atoms with van der Waals surface area (Å²) in [5.74, 6) is 0.151. The summed E-state index contributed by atoms with van der Waals surface area (Å²) in [5, 5.41) is 24.9. The normalized spacial score (nSPS) is 15.3. The summed E-state index contributed by atoms with van der Waals surface area (Å²) in [6.07, 6.45) is -0.0381. The first-order valence-electron chi connectivity index (χ1n) is 10.4. The van der Waals surface area contributed by atoms with Crippen molar-refractivity contribution in [2.24, 2.45) is 0 Å². The van der Waals surface area contributed by atoms with Gasteiger partial charge in [-0.2, -0.15) is 13.2 Å². The fourth-order valence-electron chi connectivity index (χ4n) is 3.88. The van der Waals surface area contributed by atoms with E-state index in [0.717, 1.165) is 50.2 Å². The molecule has 3 aromatic rings. The van der Waals surface area contributed by atoms with Gasteiger partial charge in [0, 0.05) is 30.5 Å². The first-order valence-corrected chi connectivity index (χ1v) is 10.4. The van der Waals surface area contributed by atoms with Crippen LogP contribution in [0, 0.1) is 10.1 Å². The van der Waals surface area contributed by atoms with E-state index in [2.05, 4.69) is 15.2 Å². The summed E-state index contributed by atoms with van der Waals surface area (Å²) in [4.78, 5) is 17.1. The second kappa shape index (κ2) is 9.10. The summed E-state index contributed by atoms with van der Waals surface area (Å²) >= 11 is 0. The van der Waals surface area contributed by atoms with Crippen LogP contribution in [0.1, 0.15) is 36.6 Å². The molecule has 174 valence electrons. The summed E-state index contributed by atoms with van der Waals surface area (Å²) in [6, 6.07) is 9.35. The van der Waals surface area contributed by atoms with Crippen LogP contribution >= 0.6 is 0 Å². The molecule has 0 aliphatic carbocycles. The second-order valence-electron chi connectivity index (χ2n) is 7.81. The van der Waals surface area contributed by atoms with Crippen LogP contribution in [0.2, 0.25) is 0 Å². The molecule has 2 aromatic carbocycles. The van der Waals surface area contributed by atoms with Crippen molar-refractivity contribution in [3.63, 3.8) is 0 Å². The number of aliphatic hydroxyl groups is 1. The Balaban J connectivity index is 1.57. The summed E-state index contributed by atoms with van der Waals surface area (Å²) in [5.41, 5.74) is 0.0572. The third-order valence-corrected chi connectivity index (χ3v) is 5.56. The van der Waals surface area contributed by atoms with Gasteiger partial charge in [0.15, 0.2) is 6.23 Å². The SMILES string of the molecule is O=[N+]([O-])c1ccc(N2CCCCC2)cc1C(O)Nc1cn(-c2cccc(C(F)(F)F)c2)cn1. The van der Waals surface area contributed by atoms with E-state index in [0.29, 0.717) is 0 Å². The van der Waals surface area contributed by atoms with E-state index in [9.17, 15) is 28.4 Å². The molecule has 1 saturated heterocycles. The number of nitro groups is 1. The Kier molecular flexibility index (Phi) is 6.23. The van der Waals surface area contributed by atoms with Crippen molar-refractivity contribution in [3.05, 3.63) is 76.2 Å². The minimum absolute atomic E-state index is 0.0803. The molecule has 33 heavy (non-hydrogen) atoms. The summed E-state index contributed by atoms with van der Waals surface area (Å²) in [6.45, 7) is 1.67. The lowest BCUT2D eigenvalue weighted by Crippen LogP contribution is -2.29. The molecule has 0 amide bonds. The van der Waals surface area contributed by atoms with Crippen molar-refractivity contribution in [3.8, 4) is 5.69 Å². The highest BCUT2D eigenvalue weighted by atomic mass is 19.4. The maximum atomic E-state index is 13.0. The van der Waals surface area contributed by atoms with Crippen molar-refractivity contribution in [2.45, 2.75) is 31.7 Å². The lowest BCUT2D eigenvalue weighted by molar-refractivity contribution is -0.386. The molecule has 4 rings (SSSR count). The number of nitrogens with zero attached hydrogens (tertiary/aromatic N) is 4. The monoisotopic (exact) mass is 461 g/mol. The van der Waals surface area contributed by atoms with E-state index in [4.69, 9.17) is 0 Å². The van der Waals surface area contributed by atoms with Gasteiger partial charge in [-0.25, -0.2) is 4.98 Å². The minimum atomic E-state index is -4.48. The van der Waals surface area contributed by atoms with Gasteiger partial charge in [-0.1, -0.05) is 6.07 Å². The van der Waals surface area contributed by atoms with Gasteiger partial charge in [-0.3, -0.25) is 10.1 Å². The number of piperidine rings is 1. The standard InChI is InChI=1S/C22H22F3N5O3/c23-22(24,25)15-5-4-6-16(11-15)29-13-20(26-14-29)27-21(31)18-12-17(7-8-19(18)30(32)33)28-9-2-1-3-10-28/h4-8,11-14,21,27,31H,1-3,9-10H2. The second-order valence-corrected chi connectivity index (χ2v) is 7.81. The van der Waals surface area contributed by atoms with Gasteiger partial charge in [0.2, 0.25) is 0 Å². The number of rotatable bonds is 6. The van der Waals surface area contributed by atoms with Gasteiger partial charge in [0.25, 0.3) is 5.69 Å². The van der Waals surface area contributed by atoms with Crippen molar-refractivity contribution >= 4 is 17.2 Å². The quantitative estimate of drug-likeness (QED) is 0.308. The predicted molar refractivity (Wildman–Crippen MR) is 116 cm³/mol. The third-order valence-electron chi connectivity index (χ3n) is 5.56. The Bertz CT molecular complexity index is 1140. The van der Waals surface area contributed by atoms with Crippen LogP contribution in [0.3, 0.4) is 0 Å².